The fraction of sp³-hybridized carbons (Fsp3) is 0.176. The zero-order valence-corrected chi connectivity index (χ0v) is 15.1. The van der Waals surface area contributed by atoms with Gasteiger partial charge in [-0.3, -0.25) is 4.79 Å². The molecule has 1 amide bonds. The van der Waals surface area contributed by atoms with Gasteiger partial charge in [0.2, 0.25) is 5.91 Å². The maximum absolute atomic E-state index is 12.0. The molecule has 3 rings (SSSR count). The lowest BCUT2D eigenvalue weighted by molar-refractivity contribution is -0.130. The quantitative estimate of drug-likeness (QED) is 0.677. The summed E-state index contributed by atoms with van der Waals surface area (Å²) in [5.74, 6) is -0.0483. The second kappa shape index (κ2) is 6.34. The summed E-state index contributed by atoms with van der Waals surface area (Å²) >= 11 is 7.01. The van der Waals surface area contributed by atoms with Crippen LogP contribution in [0.5, 0.6) is 0 Å². The highest BCUT2D eigenvalue weighted by Gasteiger charge is 2.32. The van der Waals surface area contributed by atoms with Crippen LogP contribution in [-0.4, -0.2) is 16.6 Å². The van der Waals surface area contributed by atoms with Gasteiger partial charge in [0.15, 0.2) is 0 Å². The van der Waals surface area contributed by atoms with Gasteiger partial charge in [-0.05, 0) is 29.3 Å². The Bertz CT molecular complexity index is 741. The van der Waals surface area contributed by atoms with Crippen molar-refractivity contribution in [2.75, 3.05) is 0 Å². The number of halogens is 2. The Balaban J connectivity index is 1.96. The third-order valence-corrected chi connectivity index (χ3v) is 4.93. The fourth-order valence-corrected chi connectivity index (χ4v) is 3.42. The summed E-state index contributed by atoms with van der Waals surface area (Å²) in [5.41, 5.74) is 3.06. The van der Waals surface area contributed by atoms with E-state index in [4.69, 9.17) is 0 Å². The van der Waals surface area contributed by atoms with Crippen LogP contribution in [0.25, 0.3) is 0 Å². The zero-order chi connectivity index (χ0) is 15.7. The Morgan fingerprint density at radius 2 is 1.82 bits per heavy atom. The molecule has 0 fully saturated rings. The average molecular weight is 422 g/mol. The number of amides is 1. The molecular weight excluding hydrogens is 408 g/mol. The van der Waals surface area contributed by atoms with E-state index in [1.165, 1.54) is 0 Å². The maximum Gasteiger partial charge on any atom is 0.240 e. The highest BCUT2D eigenvalue weighted by atomic mass is 79.9. The number of nitrogens with zero attached hydrogens (tertiary/aromatic N) is 2. The molecule has 3 nitrogen and oxygen atoms in total. The minimum atomic E-state index is -0.0632. The minimum Gasteiger partial charge on any atom is -0.273 e. The van der Waals surface area contributed by atoms with E-state index in [0.717, 1.165) is 25.8 Å². The summed E-state index contributed by atoms with van der Waals surface area (Å²) in [5, 5.41) is 6.13. The van der Waals surface area contributed by atoms with Crippen LogP contribution in [0.3, 0.4) is 0 Å². The Morgan fingerprint density at radius 3 is 2.45 bits per heavy atom. The molecule has 0 radical (unpaired) electrons. The molecule has 1 aliphatic heterocycles. The van der Waals surface area contributed by atoms with Crippen LogP contribution in [-0.2, 0) is 4.79 Å². The van der Waals surface area contributed by atoms with Gasteiger partial charge in [-0.1, -0.05) is 62.2 Å². The highest BCUT2D eigenvalue weighted by molar-refractivity contribution is 9.10. The van der Waals surface area contributed by atoms with Crippen LogP contribution in [0.15, 0.2) is 62.6 Å². The number of hydrogen-bond acceptors (Lipinski definition) is 2. The SMILES string of the molecule is CC(=O)N1N=C(c2ccc(Br)cc2)C[C@H]1c1ccccc1Br. The molecule has 0 saturated carbocycles. The van der Waals surface area contributed by atoms with E-state index in [1.54, 1.807) is 11.9 Å². The lowest BCUT2D eigenvalue weighted by Gasteiger charge is -2.21. The number of benzene rings is 2. The van der Waals surface area contributed by atoms with E-state index in [1.807, 2.05) is 48.5 Å². The normalized spacial score (nSPS) is 17.5. The van der Waals surface area contributed by atoms with Crippen molar-refractivity contribution in [2.24, 2.45) is 5.10 Å². The van der Waals surface area contributed by atoms with Crippen molar-refractivity contribution in [1.82, 2.24) is 5.01 Å². The van der Waals surface area contributed by atoms with Gasteiger partial charge in [0, 0.05) is 22.3 Å². The lowest BCUT2D eigenvalue weighted by Crippen LogP contribution is -2.24. The predicted octanol–water partition coefficient (Wildman–Crippen LogP) is 4.91. The van der Waals surface area contributed by atoms with Crippen LogP contribution >= 0.6 is 31.9 Å². The molecule has 5 heteroatoms. The molecule has 0 spiro atoms. The van der Waals surface area contributed by atoms with Gasteiger partial charge in [-0.2, -0.15) is 5.10 Å². The monoisotopic (exact) mass is 420 g/mol. The lowest BCUT2D eigenvalue weighted by atomic mass is 9.98. The predicted molar refractivity (Wildman–Crippen MR) is 94.7 cm³/mol. The Kier molecular flexibility index (Phi) is 4.45. The van der Waals surface area contributed by atoms with Crippen molar-refractivity contribution >= 4 is 43.5 Å². The number of carbonyl (C=O) groups is 1. The molecule has 0 unspecified atom stereocenters. The van der Waals surface area contributed by atoms with E-state index >= 15 is 0 Å². The van der Waals surface area contributed by atoms with Crippen LogP contribution < -0.4 is 0 Å². The third kappa shape index (κ3) is 3.01. The van der Waals surface area contributed by atoms with Crippen LogP contribution in [0.4, 0.5) is 0 Å². The van der Waals surface area contributed by atoms with Crippen molar-refractivity contribution in [2.45, 2.75) is 19.4 Å². The molecule has 2 aromatic carbocycles. The fourth-order valence-electron chi connectivity index (χ4n) is 2.60. The average Bonchev–Trinajstić information content (AvgIpc) is 2.93. The molecule has 1 atom stereocenters. The minimum absolute atomic E-state index is 0.0483. The van der Waals surface area contributed by atoms with E-state index in [9.17, 15) is 4.79 Å². The molecule has 0 saturated heterocycles. The van der Waals surface area contributed by atoms with Crippen LogP contribution in [0.2, 0.25) is 0 Å². The van der Waals surface area contributed by atoms with Gasteiger partial charge < -0.3 is 0 Å². The molecule has 1 heterocycles. The summed E-state index contributed by atoms with van der Waals surface area (Å²) in [6.45, 7) is 1.55. The topological polar surface area (TPSA) is 32.7 Å². The van der Waals surface area contributed by atoms with Crippen molar-refractivity contribution < 1.29 is 4.79 Å². The van der Waals surface area contributed by atoms with Crippen molar-refractivity contribution in [3.63, 3.8) is 0 Å². The van der Waals surface area contributed by atoms with Gasteiger partial charge in [-0.25, -0.2) is 5.01 Å². The molecule has 0 bridgehead atoms. The molecule has 22 heavy (non-hydrogen) atoms. The molecular formula is C17H14Br2N2O. The van der Waals surface area contributed by atoms with Crippen molar-refractivity contribution in [3.05, 3.63) is 68.6 Å². The molecule has 2 aromatic rings. The molecule has 0 aromatic heterocycles. The smallest absolute Gasteiger partial charge is 0.240 e. The molecule has 1 aliphatic rings. The van der Waals surface area contributed by atoms with Crippen molar-refractivity contribution in [3.8, 4) is 0 Å². The van der Waals surface area contributed by atoms with Gasteiger partial charge in [0.05, 0.1) is 11.8 Å². The number of carbonyl (C=O) groups excluding carboxylic acids is 1. The van der Waals surface area contributed by atoms with Crippen molar-refractivity contribution in [1.29, 1.82) is 0 Å². The second-order valence-electron chi connectivity index (χ2n) is 5.16. The van der Waals surface area contributed by atoms with Gasteiger partial charge in [0.25, 0.3) is 0 Å². The summed E-state index contributed by atoms with van der Waals surface area (Å²) < 4.78 is 2.03. The summed E-state index contributed by atoms with van der Waals surface area (Å²) in [6.07, 6.45) is 0.712. The number of rotatable bonds is 2. The first-order valence-electron chi connectivity index (χ1n) is 6.94. The number of hydrazone groups is 1. The summed E-state index contributed by atoms with van der Waals surface area (Å²) in [7, 11) is 0. The first kappa shape index (κ1) is 15.4. The molecule has 0 N–H and O–H groups in total. The molecule has 0 aliphatic carbocycles. The van der Waals surface area contributed by atoms with Gasteiger partial charge in [0.1, 0.15) is 0 Å². The van der Waals surface area contributed by atoms with E-state index in [2.05, 4.69) is 37.0 Å². The first-order chi connectivity index (χ1) is 10.6. The Labute approximate surface area is 146 Å². The molecule has 112 valence electrons. The van der Waals surface area contributed by atoms with E-state index in [0.29, 0.717) is 6.42 Å². The second-order valence-corrected chi connectivity index (χ2v) is 6.93. The standard InChI is InChI=1S/C17H14Br2N2O/c1-11(22)21-17(14-4-2-3-5-15(14)19)10-16(20-21)12-6-8-13(18)9-7-12/h2-9,17H,10H2,1H3/t17-/m0/s1. The van der Waals surface area contributed by atoms with Crippen LogP contribution in [0.1, 0.15) is 30.5 Å². The summed E-state index contributed by atoms with van der Waals surface area (Å²) in [4.78, 5) is 12.0. The maximum atomic E-state index is 12.0. The Morgan fingerprint density at radius 1 is 1.14 bits per heavy atom. The van der Waals surface area contributed by atoms with Gasteiger partial charge in [-0.15, -0.1) is 0 Å². The number of hydrogen-bond donors (Lipinski definition) is 0. The van der Waals surface area contributed by atoms with E-state index in [-0.39, 0.29) is 11.9 Å². The highest BCUT2D eigenvalue weighted by Crippen LogP contribution is 2.36. The largest absolute Gasteiger partial charge is 0.273 e. The summed E-state index contributed by atoms with van der Waals surface area (Å²) in [6, 6.07) is 15.9. The van der Waals surface area contributed by atoms with Crippen LogP contribution in [0, 0.1) is 0 Å². The third-order valence-electron chi connectivity index (χ3n) is 3.67. The first-order valence-corrected chi connectivity index (χ1v) is 8.52. The zero-order valence-electron chi connectivity index (χ0n) is 12.0. The van der Waals surface area contributed by atoms with E-state index < -0.39 is 0 Å². The van der Waals surface area contributed by atoms with Gasteiger partial charge >= 0.3 is 0 Å². The Hall–Kier alpha value is -1.46.